The summed E-state index contributed by atoms with van der Waals surface area (Å²) in [6, 6.07) is 9.34. The molecule has 3 heterocycles. The number of nitrogens with zero attached hydrogens (tertiary/aromatic N) is 1. The zero-order valence-electron chi connectivity index (χ0n) is 19.6. The van der Waals surface area contributed by atoms with Crippen LogP contribution < -0.4 is 14.8 Å². The second kappa shape index (κ2) is 10.2. The van der Waals surface area contributed by atoms with Gasteiger partial charge in [-0.15, -0.1) is 11.3 Å². The summed E-state index contributed by atoms with van der Waals surface area (Å²) in [6.07, 6.45) is 5.88. The van der Waals surface area contributed by atoms with Gasteiger partial charge in [-0.05, 0) is 49.4 Å². The Balaban J connectivity index is 1.67. The van der Waals surface area contributed by atoms with Gasteiger partial charge in [-0.25, -0.2) is 0 Å². The quantitative estimate of drug-likeness (QED) is 0.516. The number of aryl methyl sites for hydroxylation is 1. The Bertz CT molecular complexity index is 1130. The van der Waals surface area contributed by atoms with Crippen molar-refractivity contribution >= 4 is 22.2 Å². The van der Waals surface area contributed by atoms with Crippen LogP contribution in [0.5, 0.6) is 11.5 Å². The predicted octanol–water partition coefficient (Wildman–Crippen LogP) is 4.91. The molecular weight excluding hydrogens is 452 g/mol. The number of anilines is 1. The highest BCUT2D eigenvalue weighted by Crippen LogP contribution is 2.48. The molecule has 1 N–H and O–H groups in total. The zero-order chi connectivity index (χ0) is 23.5. The molecule has 1 unspecified atom stereocenters. The minimum Gasteiger partial charge on any atom is -0.493 e. The number of hydrogen-bond acceptors (Lipinski definition) is 7. The van der Waals surface area contributed by atoms with Crippen molar-refractivity contribution in [1.29, 1.82) is 0 Å². The number of carbonyl (C=O) groups is 1. The Hall–Kier alpha value is -2.81. The number of morpholine rings is 1. The lowest BCUT2D eigenvalue weighted by Gasteiger charge is -2.36. The molecule has 7 nitrogen and oxygen atoms in total. The number of benzene rings is 1. The molecule has 3 aromatic rings. The molecule has 0 bridgehead atoms. The Kier molecular flexibility index (Phi) is 6.89. The van der Waals surface area contributed by atoms with E-state index >= 15 is 0 Å². The van der Waals surface area contributed by atoms with Crippen molar-refractivity contribution in [2.75, 3.05) is 45.8 Å². The van der Waals surface area contributed by atoms with Gasteiger partial charge in [0.25, 0.3) is 5.91 Å². The van der Waals surface area contributed by atoms with Crippen LogP contribution in [-0.2, 0) is 17.6 Å². The van der Waals surface area contributed by atoms with Crippen molar-refractivity contribution in [3.8, 4) is 11.5 Å². The number of carbonyl (C=O) groups excluding carboxylic acids is 1. The van der Waals surface area contributed by atoms with Gasteiger partial charge in [0, 0.05) is 29.1 Å². The topological polar surface area (TPSA) is 73.2 Å². The number of para-hydroxylation sites is 1. The third-order valence-electron chi connectivity index (χ3n) is 6.60. The SMILES string of the molecule is COc1cccc(C(c2c(NC(=O)c3ccco3)sc3c2CCCC3)N2CCOCC2)c1OC. The summed E-state index contributed by atoms with van der Waals surface area (Å²) in [5.74, 6) is 1.49. The fourth-order valence-corrected chi connectivity index (χ4v) is 6.36. The summed E-state index contributed by atoms with van der Waals surface area (Å²) in [5, 5.41) is 4.07. The van der Waals surface area contributed by atoms with Gasteiger partial charge in [0.05, 0.1) is 39.7 Å². The van der Waals surface area contributed by atoms with Gasteiger partial charge in [-0.3, -0.25) is 9.69 Å². The lowest BCUT2D eigenvalue weighted by Crippen LogP contribution is -2.40. The van der Waals surface area contributed by atoms with Crippen LogP contribution in [0.15, 0.2) is 41.0 Å². The molecule has 180 valence electrons. The first-order valence-electron chi connectivity index (χ1n) is 11.7. The number of nitrogens with one attached hydrogen (secondary N) is 1. The molecule has 0 radical (unpaired) electrons. The highest BCUT2D eigenvalue weighted by molar-refractivity contribution is 7.16. The number of rotatable bonds is 7. The van der Waals surface area contributed by atoms with Gasteiger partial charge in [0.1, 0.15) is 5.00 Å². The van der Waals surface area contributed by atoms with Gasteiger partial charge in [-0.1, -0.05) is 12.1 Å². The Morgan fingerprint density at radius 1 is 1.09 bits per heavy atom. The maximum Gasteiger partial charge on any atom is 0.291 e. The molecule has 1 fully saturated rings. The van der Waals surface area contributed by atoms with Crippen LogP contribution in [0, 0.1) is 0 Å². The Morgan fingerprint density at radius 3 is 2.65 bits per heavy atom. The number of ether oxygens (including phenoxy) is 3. The van der Waals surface area contributed by atoms with Crippen molar-refractivity contribution in [1.82, 2.24) is 4.90 Å². The molecule has 2 aromatic heterocycles. The summed E-state index contributed by atoms with van der Waals surface area (Å²) in [6.45, 7) is 2.93. The molecule has 34 heavy (non-hydrogen) atoms. The first kappa shape index (κ1) is 23.0. The van der Waals surface area contributed by atoms with Crippen molar-refractivity contribution in [3.63, 3.8) is 0 Å². The standard InChI is InChI=1S/C26H30N2O5S/c1-30-19-9-5-8-18(24(19)31-2)23(28-12-15-32-16-13-28)22-17-7-3-4-11-21(17)34-26(22)27-25(29)20-10-6-14-33-20/h5-6,8-10,14,23H,3-4,7,11-13,15-16H2,1-2H3,(H,27,29). The first-order valence-corrected chi connectivity index (χ1v) is 12.5. The molecule has 0 saturated carbocycles. The van der Waals surface area contributed by atoms with Crippen LogP contribution in [0.3, 0.4) is 0 Å². The molecular formula is C26H30N2O5S. The van der Waals surface area contributed by atoms with E-state index in [2.05, 4.69) is 16.3 Å². The third kappa shape index (κ3) is 4.33. The van der Waals surface area contributed by atoms with Crippen LogP contribution in [0.2, 0.25) is 0 Å². The number of thiophene rings is 1. The monoisotopic (exact) mass is 482 g/mol. The summed E-state index contributed by atoms with van der Waals surface area (Å²) in [4.78, 5) is 16.8. The highest BCUT2D eigenvalue weighted by atomic mass is 32.1. The first-order chi connectivity index (χ1) is 16.7. The lowest BCUT2D eigenvalue weighted by atomic mass is 9.88. The van der Waals surface area contributed by atoms with E-state index in [0.717, 1.165) is 54.2 Å². The molecule has 1 amide bonds. The Morgan fingerprint density at radius 2 is 1.91 bits per heavy atom. The minimum absolute atomic E-state index is 0.0982. The van der Waals surface area contributed by atoms with Gasteiger partial charge < -0.3 is 23.9 Å². The maximum atomic E-state index is 13.0. The van der Waals surface area contributed by atoms with E-state index in [1.165, 1.54) is 23.1 Å². The van der Waals surface area contributed by atoms with Gasteiger partial charge in [0.15, 0.2) is 17.3 Å². The van der Waals surface area contributed by atoms with Crippen molar-refractivity contribution in [3.05, 3.63) is 63.9 Å². The summed E-state index contributed by atoms with van der Waals surface area (Å²) >= 11 is 1.69. The third-order valence-corrected chi connectivity index (χ3v) is 7.82. The van der Waals surface area contributed by atoms with Crippen LogP contribution >= 0.6 is 11.3 Å². The average molecular weight is 483 g/mol. The molecule has 8 heteroatoms. The van der Waals surface area contributed by atoms with E-state index in [9.17, 15) is 4.79 Å². The fraction of sp³-hybridized carbons (Fsp3) is 0.423. The van der Waals surface area contributed by atoms with E-state index in [1.807, 2.05) is 12.1 Å². The predicted molar refractivity (Wildman–Crippen MR) is 131 cm³/mol. The normalized spacial score (nSPS) is 17.1. The summed E-state index contributed by atoms with van der Waals surface area (Å²) < 4.78 is 22.6. The number of amides is 1. The summed E-state index contributed by atoms with van der Waals surface area (Å²) in [5.41, 5.74) is 3.55. The minimum atomic E-state index is -0.233. The van der Waals surface area contributed by atoms with E-state index in [1.54, 1.807) is 37.7 Å². The highest BCUT2D eigenvalue weighted by Gasteiger charge is 2.35. The molecule has 1 aromatic carbocycles. The van der Waals surface area contributed by atoms with Crippen LogP contribution in [-0.4, -0.2) is 51.3 Å². The second-order valence-corrected chi connectivity index (χ2v) is 9.62. The molecule has 0 spiro atoms. The molecule has 1 aliphatic heterocycles. The van der Waals surface area contributed by atoms with E-state index in [0.29, 0.717) is 24.7 Å². The maximum absolute atomic E-state index is 13.0. The largest absolute Gasteiger partial charge is 0.493 e. The number of hydrogen-bond donors (Lipinski definition) is 1. The van der Waals surface area contributed by atoms with Crippen LogP contribution in [0.25, 0.3) is 0 Å². The van der Waals surface area contributed by atoms with E-state index in [-0.39, 0.29) is 11.9 Å². The van der Waals surface area contributed by atoms with Crippen molar-refractivity contribution in [2.24, 2.45) is 0 Å². The van der Waals surface area contributed by atoms with E-state index in [4.69, 9.17) is 18.6 Å². The number of methoxy groups -OCH3 is 2. The van der Waals surface area contributed by atoms with Crippen molar-refractivity contribution < 1.29 is 23.4 Å². The number of furan rings is 1. The summed E-state index contributed by atoms with van der Waals surface area (Å²) in [7, 11) is 3.34. The fourth-order valence-electron chi connectivity index (χ4n) is 5.04. The molecule has 1 aliphatic carbocycles. The second-order valence-electron chi connectivity index (χ2n) is 8.52. The smallest absolute Gasteiger partial charge is 0.291 e. The zero-order valence-corrected chi connectivity index (χ0v) is 20.4. The number of fused-ring (bicyclic) bond motifs is 1. The van der Waals surface area contributed by atoms with Crippen LogP contribution in [0.1, 0.15) is 51.0 Å². The van der Waals surface area contributed by atoms with Gasteiger partial charge >= 0.3 is 0 Å². The van der Waals surface area contributed by atoms with Gasteiger partial charge in [-0.2, -0.15) is 0 Å². The van der Waals surface area contributed by atoms with Crippen molar-refractivity contribution in [2.45, 2.75) is 31.7 Å². The molecule has 2 aliphatic rings. The average Bonchev–Trinajstić information content (AvgIpc) is 3.54. The molecule has 1 atom stereocenters. The van der Waals surface area contributed by atoms with E-state index < -0.39 is 0 Å². The molecule has 5 rings (SSSR count). The lowest BCUT2D eigenvalue weighted by molar-refractivity contribution is 0.0235. The Labute approximate surface area is 203 Å². The van der Waals surface area contributed by atoms with Crippen LogP contribution in [0.4, 0.5) is 5.00 Å². The van der Waals surface area contributed by atoms with Gasteiger partial charge in [0.2, 0.25) is 0 Å². The molecule has 1 saturated heterocycles.